The lowest BCUT2D eigenvalue weighted by molar-refractivity contribution is 0.0221. The Kier molecular flexibility index (Phi) is 9.78. The fourth-order valence-corrected chi connectivity index (χ4v) is 3.82. The van der Waals surface area contributed by atoms with Crippen molar-refractivity contribution in [3.05, 3.63) is 71.8 Å². The molecule has 150 valence electrons. The lowest BCUT2D eigenvalue weighted by Gasteiger charge is -2.37. The Morgan fingerprint density at radius 2 is 1.41 bits per heavy atom. The number of benzene rings is 2. The quantitative estimate of drug-likeness (QED) is 0.752. The zero-order valence-corrected chi connectivity index (χ0v) is 17.8. The standard InChI is InChI=1S/C22H30N2O.2ClH/c1-18(17-23-21-13-15-24(2)16-14-21)22(25,19-9-5-3-6-10-19)20-11-7-4-8-12-20;;/h3-12,18,21,23,25H,13-17H2,1-2H3;2*1H. The molecule has 0 bridgehead atoms. The fraction of sp³-hybridized carbons (Fsp3) is 0.455. The third kappa shape index (κ3) is 5.69. The molecule has 3 nitrogen and oxygen atoms in total. The van der Waals surface area contributed by atoms with Crippen molar-refractivity contribution in [2.24, 2.45) is 5.92 Å². The summed E-state index contributed by atoms with van der Waals surface area (Å²) in [6.45, 7) is 5.23. The molecule has 1 fully saturated rings. The molecule has 0 aromatic heterocycles. The van der Waals surface area contributed by atoms with Crippen LogP contribution < -0.4 is 5.32 Å². The maximum Gasteiger partial charge on any atom is 0.118 e. The Morgan fingerprint density at radius 1 is 0.963 bits per heavy atom. The van der Waals surface area contributed by atoms with Crippen LogP contribution in [-0.4, -0.2) is 42.7 Å². The van der Waals surface area contributed by atoms with Crippen LogP contribution in [0.1, 0.15) is 30.9 Å². The number of nitrogens with zero attached hydrogens (tertiary/aromatic N) is 1. The maximum atomic E-state index is 11.7. The van der Waals surface area contributed by atoms with Crippen LogP contribution in [0.4, 0.5) is 0 Å². The van der Waals surface area contributed by atoms with Gasteiger partial charge in [-0.2, -0.15) is 0 Å². The third-order valence-electron chi connectivity index (χ3n) is 5.57. The average Bonchev–Trinajstić information content (AvgIpc) is 2.68. The summed E-state index contributed by atoms with van der Waals surface area (Å²) in [6, 6.07) is 20.7. The van der Waals surface area contributed by atoms with E-state index in [0.29, 0.717) is 6.04 Å². The Balaban J connectivity index is 0.00000182. The highest BCUT2D eigenvalue weighted by molar-refractivity contribution is 5.85. The molecular formula is C22H32Cl2N2O. The van der Waals surface area contributed by atoms with Crippen molar-refractivity contribution in [3.8, 4) is 0 Å². The van der Waals surface area contributed by atoms with Gasteiger partial charge in [0.1, 0.15) is 5.60 Å². The number of nitrogens with one attached hydrogen (secondary N) is 1. The molecule has 1 atom stereocenters. The van der Waals surface area contributed by atoms with E-state index in [-0.39, 0.29) is 30.7 Å². The van der Waals surface area contributed by atoms with E-state index >= 15 is 0 Å². The molecule has 5 heteroatoms. The second-order valence-electron chi connectivity index (χ2n) is 7.39. The van der Waals surface area contributed by atoms with Gasteiger partial charge >= 0.3 is 0 Å². The molecule has 0 amide bonds. The monoisotopic (exact) mass is 410 g/mol. The minimum atomic E-state index is -0.985. The number of halogens is 2. The molecule has 0 saturated carbocycles. The minimum Gasteiger partial charge on any atom is -0.380 e. The van der Waals surface area contributed by atoms with E-state index in [1.54, 1.807) is 0 Å². The SMILES string of the molecule is CC(CNC1CCN(C)CC1)C(O)(c1ccccc1)c1ccccc1.Cl.Cl. The Labute approximate surface area is 176 Å². The number of aliphatic hydroxyl groups is 1. The molecule has 2 aromatic rings. The predicted octanol–water partition coefficient (Wildman–Crippen LogP) is 4.09. The maximum absolute atomic E-state index is 11.7. The summed E-state index contributed by atoms with van der Waals surface area (Å²) in [5, 5.41) is 15.4. The Bertz CT molecular complexity index is 606. The van der Waals surface area contributed by atoms with Crippen molar-refractivity contribution < 1.29 is 5.11 Å². The molecule has 0 aliphatic carbocycles. The second-order valence-corrected chi connectivity index (χ2v) is 7.39. The number of hydrogen-bond donors (Lipinski definition) is 2. The van der Waals surface area contributed by atoms with Crippen LogP contribution in [-0.2, 0) is 5.60 Å². The van der Waals surface area contributed by atoms with E-state index < -0.39 is 5.60 Å². The number of likely N-dealkylation sites (tertiary alicyclic amines) is 1. The molecule has 1 aliphatic heterocycles. The molecule has 3 rings (SSSR count). The van der Waals surface area contributed by atoms with E-state index in [0.717, 1.165) is 30.8 Å². The normalized spacial score (nSPS) is 16.9. The lowest BCUT2D eigenvalue weighted by Crippen LogP contribution is -2.46. The molecule has 1 heterocycles. The molecule has 0 spiro atoms. The predicted molar refractivity (Wildman–Crippen MR) is 118 cm³/mol. The van der Waals surface area contributed by atoms with E-state index in [9.17, 15) is 5.11 Å². The van der Waals surface area contributed by atoms with Crippen LogP contribution in [0.5, 0.6) is 0 Å². The van der Waals surface area contributed by atoms with Gasteiger partial charge in [-0.05, 0) is 44.1 Å². The summed E-state index contributed by atoms with van der Waals surface area (Å²) in [6.07, 6.45) is 2.36. The van der Waals surface area contributed by atoms with Crippen LogP contribution in [0.15, 0.2) is 60.7 Å². The lowest BCUT2D eigenvalue weighted by atomic mass is 9.76. The van der Waals surface area contributed by atoms with Gasteiger partial charge in [-0.1, -0.05) is 67.6 Å². The van der Waals surface area contributed by atoms with Crippen molar-refractivity contribution in [2.45, 2.75) is 31.4 Å². The molecule has 1 saturated heterocycles. The van der Waals surface area contributed by atoms with Crippen molar-refractivity contribution >= 4 is 24.8 Å². The molecule has 1 aliphatic rings. The van der Waals surface area contributed by atoms with Gasteiger partial charge < -0.3 is 15.3 Å². The van der Waals surface area contributed by atoms with Gasteiger partial charge in [0.25, 0.3) is 0 Å². The minimum absolute atomic E-state index is 0. The summed E-state index contributed by atoms with van der Waals surface area (Å²) in [5.74, 6) is 0.0666. The van der Waals surface area contributed by atoms with Gasteiger partial charge in [-0.15, -0.1) is 24.8 Å². The average molecular weight is 411 g/mol. The molecular weight excluding hydrogens is 379 g/mol. The highest BCUT2D eigenvalue weighted by atomic mass is 35.5. The van der Waals surface area contributed by atoms with Crippen LogP contribution in [0.2, 0.25) is 0 Å². The van der Waals surface area contributed by atoms with E-state index in [1.807, 2.05) is 60.7 Å². The number of piperidine rings is 1. The van der Waals surface area contributed by atoms with Crippen molar-refractivity contribution in [3.63, 3.8) is 0 Å². The van der Waals surface area contributed by atoms with Crippen LogP contribution in [0.3, 0.4) is 0 Å². The third-order valence-corrected chi connectivity index (χ3v) is 5.57. The summed E-state index contributed by atoms with van der Waals surface area (Å²) in [5.41, 5.74) is 0.929. The smallest absolute Gasteiger partial charge is 0.118 e. The summed E-state index contributed by atoms with van der Waals surface area (Å²) in [4.78, 5) is 2.38. The summed E-state index contributed by atoms with van der Waals surface area (Å²) >= 11 is 0. The molecule has 1 unspecified atom stereocenters. The Hall–Kier alpha value is -1.10. The van der Waals surface area contributed by atoms with E-state index in [4.69, 9.17) is 0 Å². The zero-order chi connectivity index (χ0) is 17.7. The van der Waals surface area contributed by atoms with Gasteiger partial charge in [0.05, 0.1) is 0 Å². The van der Waals surface area contributed by atoms with Gasteiger partial charge in [-0.3, -0.25) is 0 Å². The highest BCUT2D eigenvalue weighted by Crippen LogP contribution is 2.36. The number of rotatable bonds is 6. The Morgan fingerprint density at radius 3 is 1.85 bits per heavy atom. The number of hydrogen-bond acceptors (Lipinski definition) is 3. The highest BCUT2D eigenvalue weighted by Gasteiger charge is 2.37. The molecule has 0 radical (unpaired) electrons. The summed E-state index contributed by atoms with van der Waals surface area (Å²) < 4.78 is 0. The van der Waals surface area contributed by atoms with Crippen LogP contribution in [0.25, 0.3) is 0 Å². The molecule has 27 heavy (non-hydrogen) atoms. The van der Waals surface area contributed by atoms with Crippen LogP contribution >= 0.6 is 24.8 Å². The first kappa shape index (κ1) is 23.9. The van der Waals surface area contributed by atoms with E-state index in [1.165, 1.54) is 12.8 Å². The first-order valence-corrected chi connectivity index (χ1v) is 9.36. The van der Waals surface area contributed by atoms with Crippen molar-refractivity contribution in [1.29, 1.82) is 0 Å². The zero-order valence-electron chi connectivity index (χ0n) is 16.2. The molecule has 2 N–H and O–H groups in total. The first-order chi connectivity index (χ1) is 12.1. The summed E-state index contributed by atoms with van der Waals surface area (Å²) in [7, 11) is 2.18. The van der Waals surface area contributed by atoms with Gasteiger partial charge in [0.15, 0.2) is 0 Å². The van der Waals surface area contributed by atoms with Crippen molar-refractivity contribution in [1.82, 2.24) is 10.2 Å². The molecule has 2 aromatic carbocycles. The van der Waals surface area contributed by atoms with Gasteiger partial charge in [-0.25, -0.2) is 0 Å². The van der Waals surface area contributed by atoms with Gasteiger partial charge in [0.2, 0.25) is 0 Å². The largest absolute Gasteiger partial charge is 0.380 e. The van der Waals surface area contributed by atoms with E-state index in [2.05, 4.69) is 24.2 Å². The van der Waals surface area contributed by atoms with Crippen LogP contribution in [0, 0.1) is 5.92 Å². The topological polar surface area (TPSA) is 35.5 Å². The van der Waals surface area contributed by atoms with Gasteiger partial charge in [0, 0.05) is 18.5 Å². The first-order valence-electron chi connectivity index (χ1n) is 9.36. The fourth-order valence-electron chi connectivity index (χ4n) is 3.82. The second kappa shape index (κ2) is 11.0. The van der Waals surface area contributed by atoms with Crippen molar-refractivity contribution in [2.75, 3.05) is 26.7 Å².